The Balaban J connectivity index is 1.65. The average molecular weight is 332 g/mol. The molecule has 0 atom stereocenters. The monoisotopic (exact) mass is 331 g/mol. The van der Waals surface area contributed by atoms with Gasteiger partial charge in [-0.15, -0.1) is 0 Å². The molecule has 1 saturated heterocycles. The number of halogens is 1. The molecule has 1 aliphatic rings. The summed E-state index contributed by atoms with van der Waals surface area (Å²) in [4.78, 5) is 0. The van der Waals surface area contributed by atoms with Gasteiger partial charge in [-0.05, 0) is 36.2 Å². The van der Waals surface area contributed by atoms with Gasteiger partial charge in [0.15, 0.2) is 0 Å². The van der Waals surface area contributed by atoms with E-state index in [1.165, 1.54) is 5.56 Å². The zero-order valence-electron chi connectivity index (χ0n) is 11.3. The van der Waals surface area contributed by atoms with Gasteiger partial charge >= 0.3 is 0 Å². The largest absolute Gasteiger partial charge is 0.494 e. The third-order valence-electron chi connectivity index (χ3n) is 3.96. The number of benzene rings is 2. The van der Waals surface area contributed by atoms with Crippen molar-refractivity contribution in [3.05, 3.63) is 64.6 Å². The molecule has 1 aliphatic heterocycles. The van der Waals surface area contributed by atoms with E-state index in [0.717, 1.165) is 36.3 Å². The summed E-state index contributed by atoms with van der Waals surface area (Å²) < 4.78 is 6.99. The lowest BCUT2D eigenvalue weighted by Crippen LogP contribution is -2.57. The quantitative estimate of drug-likeness (QED) is 0.900. The SMILES string of the molecule is Brc1cccc(C2(CCOc3ccccc3)CNC2)c1. The van der Waals surface area contributed by atoms with Crippen molar-refractivity contribution in [2.45, 2.75) is 11.8 Å². The van der Waals surface area contributed by atoms with E-state index < -0.39 is 0 Å². The summed E-state index contributed by atoms with van der Waals surface area (Å²) in [7, 11) is 0. The summed E-state index contributed by atoms with van der Waals surface area (Å²) in [6, 6.07) is 18.6. The van der Waals surface area contributed by atoms with Crippen LogP contribution in [-0.2, 0) is 5.41 Å². The number of nitrogens with one attached hydrogen (secondary N) is 1. The summed E-state index contributed by atoms with van der Waals surface area (Å²) in [5, 5.41) is 3.40. The molecular weight excluding hydrogens is 314 g/mol. The topological polar surface area (TPSA) is 21.3 Å². The molecule has 1 heterocycles. The maximum atomic E-state index is 5.85. The second-order valence-corrected chi connectivity index (χ2v) is 6.22. The van der Waals surface area contributed by atoms with Crippen LogP contribution in [0.4, 0.5) is 0 Å². The first kappa shape index (κ1) is 13.7. The molecule has 0 aromatic heterocycles. The lowest BCUT2D eigenvalue weighted by Gasteiger charge is -2.43. The van der Waals surface area contributed by atoms with Crippen molar-refractivity contribution < 1.29 is 4.74 Å². The van der Waals surface area contributed by atoms with Gasteiger partial charge in [-0.2, -0.15) is 0 Å². The van der Waals surface area contributed by atoms with Crippen LogP contribution < -0.4 is 10.1 Å². The van der Waals surface area contributed by atoms with Crippen LogP contribution in [0.1, 0.15) is 12.0 Å². The van der Waals surface area contributed by atoms with Crippen LogP contribution in [0, 0.1) is 0 Å². The number of hydrogen-bond donors (Lipinski definition) is 1. The third-order valence-corrected chi connectivity index (χ3v) is 4.45. The minimum atomic E-state index is 0.221. The number of para-hydroxylation sites is 1. The van der Waals surface area contributed by atoms with Crippen molar-refractivity contribution in [2.24, 2.45) is 0 Å². The fraction of sp³-hybridized carbons (Fsp3) is 0.294. The maximum absolute atomic E-state index is 5.85. The van der Waals surface area contributed by atoms with Crippen molar-refractivity contribution in [1.82, 2.24) is 5.32 Å². The minimum absolute atomic E-state index is 0.221. The van der Waals surface area contributed by atoms with E-state index in [9.17, 15) is 0 Å². The van der Waals surface area contributed by atoms with E-state index in [1.54, 1.807) is 0 Å². The van der Waals surface area contributed by atoms with Crippen molar-refractivity contribution in [3.63, 3.8) is 0 Å². The maximum Gasteiger partial charge on any atom is 0.119 e. The lowest BCUT2D eigenvalue weighted by atomic mass is 9.73. The molecule has 0 radical (unpaired) electrons. The third kappa shape index (κ3) is 2.89. The van der Waals surface area contributed by atoms with E-state index in [2.05, 4.69) is 45.5 Å². The Bertz CT molecular complexity index is 566. The molecule has 2 nitrogen and oxygen atoms in total. The van der Waals surface area contributed by atoms with E-state index in [1.807, 2.05) is 30.3 Å². The van der Waals surface area contributed by atoms with Crippen LogP contribution in [0.3, 0.4) is 0 Å². The molecule has 2 aromatic rings. The van der Waals surface area contributed by atoms with Gasteiger partial charge < -0.3 is 10.1 Å². The Morgan fingerprint density at radius 2 is 1.85 bits per heavy atom. The van der Waals surface area contributed by atoms with Crippen LogP contribution in [0.25, 0.3) is 0 Å². The molecule has 0 aliphatic carbocycles. The van der Waals surface area contributed by atoms with E-state index in [-0.39, 0.29) is 5.41 Å². The molecule has 3 heteroatoms. The summed E-state index contributed by atoms with van der Waals surface area (Å²) in [5.41, 5.74) is 1.61. The highest BCUT2D eigenvalue weighted by atomic mass is 79.9. The summed E-state index contributed by atoms with van der Waals surface area (Å²) in [6.07, 6.45) is 1.03. The standard InChI is InChI=1S/C17H18BrNO/c18-15-6-4-5-14(11-15)17(12-19-13-17)9-10-20-16-7-2-1-3-8-16/h1-8,11,19H,9-10,12-13H2. The predicted octanol–water partition coefficient (Wildman–Crippen LogP) is 3.76. The summed E-state index contributed by atoms with van der Waals surface area (Å²) >= 11 is 3.56. The van der Waals surface area contributed by atoms with Gasteiger partial charge in [-0.1, -0.05) is 46.3 Å². The molecule has 0 unspecified atom stereocenters. The Labute approximate surface area is 128 Å². The van der Waals surface area contributed by atoms with Crippen molar-refractivity contribution >= 4 is 15.9 Å². The van der Waals surface area contributed by atoms with Gasteiger partial charge in [0.1, 0.15) is 5.75 Å². The van der Waals surface area contributed by atoms with Crippen LogP contribution in [0.15, 0.2) is 59.1 Å². The fourth-order valence-electron chi connectivity index (χ4n) is 2.65. The molecule has 0 spiro atoms. The second kappa shape index (κ2) is 5.98. The van der Waals surface area contributed by atoms with Gasteiger partial charge in [0.25, 0.3) is 0 Å². The normalized spacial score (nSPS) is 16.4. The van der Waals surface area contributed by atoms with Crippen LogP contribution in [-0.4, -0.2) is 19.7 Å². The van der Waals surface area contributed by atoms with Gasteiger partial charge in [0.2, 0.25) is 0 Å². The smallest absolute Gasteiger partial charge is 0.119 e. The molecule has 1 N–H and O–H groups in total. The molecule has 0 bridgehead atoms. The van der Waals surface area contributed by atoms with E-state index >= 15 is 0 Å². The van der Waals surface area contributed by atoms with Crippen molar-refractivity contribution in [2.75, 3.05) is 19.7 Å². The molecule has 0 amide bonds. The summed E-state index contributed by atoms with van der Waals surface area (Å²) in [6.45, 7) is 2.81. The van der Waals surface area contributed by atoms with Crippen molar-refractivity contribution in [1.29, 1.82) is 0 Å². The molecule has 20 heavy (non-hydrogen) atoms. The number of ether oxygens (including phenoxy) is 1. The van der Waals surface area contributed by atoms with E-state index in [4.69, 9.17) is 4.74 Å². The molecule has 1 fully saturated rings. The van der Waals surface area contributed by atoms with Gasteiger partial charge in [-0.3, -0.25) is 0 Å². The Morgan fingerprint density at radius 1 is 1.05 bits per heavy atom. The zero-order chi connectivity index (χ0) is 13.8. The Morgan fingerprint density at radius 3 is 2.50 bits per heavy atom. The second-order valence-electron chi connectivity index (χ2n) is 5.31. The Kier molecular flexibility index (Phi) is 4.08. The van der Waals surface area contributed by atoms with Crippen LogP contribution >= 0.6 is 15.9 Å². The van der Waals surface area contributed by atoms with Gasteiger partial charge in [0, 0.05) is 23.0 Å². The zero-order valence-corrected chi connectivity index (χ0v) is 12.9. The van der Waals surface area contributed by atoms with Crippen molar-refractivity contribution in [3.8, 4) is 5.75 Å². The molecule has 104 valence electrons. The molecule has 0 saturated carbocycles. The van der Waals surface area contributed by atoms with Gasteiger partial charge in [-0.25, -0.2) is 0 Å². The highest BCUT2D eigenvalue weighted by Gasteiger charge is 2.38. The van der Waals surface area contributed by atoms with E-state index in [0.29, 0.717) is 0 Å². The molecule has 2 aromatic carbocycles. The number of rotatable bonds is 5. The van der Waals surface area contributed by atoms with Crippen LogP contribution in [0.2, 0.25) is 0 Å². The minimum Gasteiger partial charge on any atom is -0.494 e. The first-order chi connectivity index (χ1) is 9.78. The highest BCUT2D eigenvalue weighted by Crippen LogP contribution is 2.33. The average Bonchev–Trinajstić information content (AvgIpc) is 2.43. The predicted molar refractivity (Wildman–Crippen MR) is 85.2 cm³/mol. The highest BCUT2D eigenvalue weighted by molar-refractivity contribution is 9.10. The molecular formula is C17H18BrNO. The first-order valence-electron chi connectivity index (χ1n) is 6.93. The summed E-state index contributed by atoms with van der Waals surface area (Å²) in [5.74, 6) is 0.948. The lowest BCUT2D eigenvalue weighted by molar-refractivity contribution is 0.199. The number of hydrogen-bond acceptors (Lipinski definition) is 2. The fourth-order valence-corrected chi connectivity index (χ4v) is 3.05. The molecule has 3 rings (SSSR count). The Hall–Kier alpha value is -1.32. The van der Waals surface area contributed by atoms with Crippen LogP contribution in [0.5, 0.6) is 5.75 Å². The first-order valence-corrected chi connectivity index (χ1v) is 7.72. The van der Waals surface area contributed by atoms with Gasteiger partial charge in [0.05, 0.1) is 6.61 Å².